The summed E-state index contributed by atoms with van der Waals surface area (Å²) in [4.78, 5) is 4.26. The van der Waals surface area contributed by atoms with Crippen LogP contribution in [-0.2, 0) is 26.5 Å². The Morgan fingerprint density at radius 3 is 2.09 bits per heavy atom. The molecule has 46 heavy (non-hydrogen) atoms. The number of aromatic nitrogens is 1. The molecule has 2 aliphatic rings. The maximum Gasteiger partial charge on any atom is 4.00 e. The summed E-state index contributed by atoms with van der Waals surface area (Å²) in [6.45, 7) is 2.11. The third-order valence-electron chi connectivity index (χ3n) is 9.24. The Labute approximate surface area is 285 Å². The number of fused-ring (bicyclic) bond motifs is 6. The number of para-hydroxylation sites is 2. The Bertz CT molecular complexity index is 2200. The number of benzene rings is 6. The van der Waals surface area contributed by atoms with Gasteiger partial charge in [0.25, 0.3) is 0 Å². The van der Waals surface area contributed by atoms with Gasteiger partial charge in [-0.1, -0.05) is 90.1 Å². The topological polar surface area (TPSA) is 11.4 Å². The van der Waals surface area contributed by atoms with Crippen LogP contribution in [0.3, 0.4) is 0 Å². The zero-order chi connectivity index (χ0) is 29.3. The molecular formula is C42H31N3Pt. The van der Waals surface area contributed by atoms with Crippen molar-refractivity contribution in [3.8, 4) is 16.8 Å². The Hall–Kier alpha value is -4.85. The van der Waals surface area contributed by atoms with Crippen molar-refractivity contribution >= 4 is 27.5 Å². The van der Waals surface area contributed by atoms with Gasteiger partial charge in [0.05, 0.1) is 0 Å². The molecule has 224 valence electrons. The average molecular weight is 773 g/mol. The van der Waals surface area contributed by atoms with E-state index in [1.165, 1.54) is 44.1 Å². The summed E-state index contributed by atoms with van der Waals surface area (Å²) in [5, 5.41) is 2.43. The third-order valence-corrected chi connectivity index (χ3v) is 9.24. The van der Waals surface area contributed by atoms with Gasteiger partial charge in [0, 0.05) is 16.6 Å². The molecule has 0 saturated carbocycles. The van der Waals surface area contributed by atoms with Gasteiger partial charge in [0.15, 0.2) is 0 Å². The van der Waals surface area contributed by atoms with Crippen LogP contribution < -0.4 is 4.90 Å². The van der Waals surface area contributed by atoms with Crippen molar-refractivity contribution in [2.75, 3.05) is 11.9 Å². The fraction of sp³-hybridized carbons (Fsp3) is 0.0476. The summed E-state index contributed by atoms with van der Waals surface area (Å²) in [5.74, 6) is 0. The van der Waals surface area contributed by atoms with Crippen molar-refractivity contribution in [2.24, 2.45) is 0 Å². The molecule has 1 aliphatic heterocycles. The Balaban J connectivity index is 0.00000169. The van der Waals surface area contributed by atoms with Crippen molar-refractivity contribution in [3.05, 3.63) is 194 Å². The first-order valence-electron chi connectivity index (χ1n) is 15.0. The van der Waals surface area contributed by atoms with E-state index in [9.17, 15) is 0 Å². The summed E-state index contributed by atoms with van der Waals surface area (Å²) >= 11 is 0. The quantitative estimate of drug-likeness (QED) is 0.165. The van der Waals surface area contributed by atoms with E-state index in [4.69, 9.17) is 0 Å². The van der Waals surface area contributed by atoms with E-state index in [0.29, 0.717) is 0 Å². The number of nitrogens with zero attached hydrogens (tertiary/aromatic N) is 3. The van der Waals surface area contributed by atoms with Crippen LogP contribution >= 0.6 is 0 Å². The summed E-state index contributed by atoms with van der Waals surface area (Å²) in [6, 6.07) is 55.5. The van der Waals surface area contributed by atoms with E-state index in [1.807, 2.05) is 12.1 Å². The third kappa shape index (κ3) is 4.22. The normalized spacial score (nSPS) is 14.2. The molecule has 2 heterocycles. The molecule has 1 aliphatic carbocycles. The van der Waals surface area contributed by atoms with Gasteiger partial charge in [-0.05, 0) is 70.9 Å². The maximum atomic E-state index is 3.86. The van der Waals surface area contributed by atoms with Crippen LogP contribution in [0.4, 0.5) is 5.69 Å². The molecule has 7 aromatic rings. The fourth-order valence-corrected chi connectivity index (χ4v) is 7.40. The van der Waals surface area contributed by atoms with Crippen LogP contribution in [0.15, 0.2) is 146 Å². The van der Waals surface area contributed by atoms with Crippen LogP contribution in [-0.4, -0.2) is 16.5 Å². The van der Waals surface area contributed by atoms with Crippen molar-refractivity contribution in [2.45, 2.75) is 5.41 Å². The van der Waals surface area contributed by atoms with Crippen LogP contribution in [0.1, 0.15) is 22.3 Å². The molecule has 0 fully saturated rings. The second-order valence-corrected chi connectivity index (χ2v) is 11.6. The SMILES string of the molecule is CN1C=CN(c2cccc(C3(c4[c-]cc5c(c4)c4ccccc4n5-c4[c-]cccc4)c4ccccc4-c4ccccc43)c2)[CH-]1.[CH3-].[Pt+4]. The second kappa shape index (κ2) is 11.5. The van der Waals surface area contributed by atoms with Crippen molar-refractivity contribution < 1.29 is 21.1 Å². The zero-order valence-electron chi connectivity index (χ0n) is 25.6. The Morgan fingerprint density at radius 1 is 0.652 bits per heavy atom. The first kappa shape index (κ1) is 29.8. The minimum absolute atomic E-state index is 0. The van der Waals surface area contributed by atoms with Crippen LogP contribution in [0.2, 0.25) is 0 Å². The molecule has 9 rings (SSSR count). The minimum atomic E-state index is -0.547. The van der Waals surface area contributed by atoms with Crippen molar-refractivity contribution in [1.82, 2.24) is 9.47 Å². The standard InChI is InChI=1S/C41H28N3.CH3.Pt/c1-42-24-25-43(28-42)32-15-11-12-29(26-32)41(37-19-8-5-16-33(37)34-17-6-9-20-38(34)41)30-22-23-40-36(27-30)35-18-7-10-21-39(35)44(40)31-13-3-2-4-14-31;;/h2-13,15-21,23-28H,1H3;1H3;/q-3;-1;+4. The van der Waals surface area contributed by atoms with Gasteiger partial charge >= 0.3 is 21.1 Å². The molecule has 0 unspecified atom stereocenters. The number of hydrogen-bond donors (Lipinski definition) is 0. The molecule has 0 spiro atoms. The monoisotopic (exact) mass is 772 g/mol. The predicted octanol–water partition coefficient (Wildman–Crippen LogP) is 9.54. The van der Waals surface area contributed by atoms with Crippen LogP contribution in [0, 0.1) is 26.2 Å². The molecule has 6 aromatic carbocycles. The molecular weight excluding hydrogens is 742 g/mol. The Morgan fingerprint density at radius 2 is 1.37 bits per heavy atom. The molecule has 4 heteroatoms. The van der Waals surface area contributed by atoms with E-state index in [-0.39, 0.29) is 28.5 Å². The average Bonchev–Trinajstić information content (AvgIpc) is 3.76. The molecule has 1 aromatic heterocycles. The maximum absolute atomic E-state index is 3.86. The van der Waals surface area contributed by atoms with Gasteiger partial charge in [-0.2, -0.15) is 49.1 Å². The predicted molar refractivity (Wildman–Crippen MR) is 186 cm³/mol. The second-order valence-electron chi connectivity index (χ2n) is 11.6. The molecule has 0 N–H and O–H groups in total. The summed E-state index contributed by atoms with van der Waals surface area (Å²) in [7, 11) is 2.05. The smallest absolute Gasteiger partial charge is 0.510 e. The van der Waals surface area contributed by atoms with Crippen molar-refractivity contribution in [3.63, 3.8) is 0 Å². The summed E-state index contributed by atoms with van der Waals surface area (Å²) in [6.07, 6.45) is 4.18. The Kier molecular flexibility index (Phi) is 7.46. The fourth-order valence-electron chi connectivity index (χ4n) is 7.40. The minimum Gasteiger partial charge on any atom is -0.510 e. The molecule has 3 nitrogen and oxygen atoms in total. The number of rotatable bonds is 4. The molecule has 0 amide bonds. The number of anilines is 1. The molecule has 0 saturated heterocycles. The largest absolute Gasteiger partial charge is 4.00 e. The van der Waals surface area contributed by atoms with Gasteiger partial charge in [-0.25, -0.2) is 0 Å². The van der Waals surface area contributed by atoms with Gasteiger partial charge in [-0.15, -0.1) is 17.0 Å². The van der Waals surface area contributed by atoms with Crippen LogP contribution in [0.25, 0.3) is 38.6 Å². The van der Waals surface area contributed by atoms with E-state index in [1.54, 1.807) is 0 Å². The van der Waals surface area contributed by atoms with Gasteiger partial charge in [0.2, 0.25) is 0 Å². The van der Waals surface area contributed by atoms with Gasteiger partial charge in [0.1, 0.15) is 0 Å². The first-order chi connectivity index (χ1) is 21.7. The van der Waals surface area contributed by atoms with Crippen molar-refractivity contribution in [1.29, 1.82) is 0 Å². The van der Waals surface area contributed by atoms with E-state index >= 15 is 0 Å². The molecule has 0 bridgehead atoms. The molecule has 0 radical (unpaired) electrons. The first-order valence-corrected chi connectivity index (χ1v) is 15.0. The molecule has 0 atom stereocenters. The summed E-state index contributed by atoms with van der Waals surface area (Å²) < 4.78 is 2.31. The van der Waals surface area contributed by atoms with E-state index in [0.717, 1.165) is 22.5 Å². The summed E-state index contributed by atoms with van der Waals surface area (Å²) in [5.41, 5.74) is 11.4. The van der Waals surface area contributed by atoms with Gasteiger partial charge < -0.3 is 21.8 Å². The zero-order valence-corrected chi connectivity index (χ0v) is 27.9. The number of hydrogen-bond acceptors (Lipinski definition) is 2. The van der Waals surface area contributed by atoms with E-state index < -0.39 is 5.41 Å². The van der Waals surface area contributed by atoms with Gasteiger partial charge in [-0.3, -0.25) is 0 Å². The van der Waals surface area contributed by atoms with E-state index in [2.05, 4.69) is 174 Å². The van der Waals surface area contributed by atoms with Crippen LogP contribution in [0.5, 0.6) is 0 Å².